The van der Waals surface area contributed by atoms with Gasteiger partial charge < -0.3 is 5.11 Å². The fourth-order valence-electron chi connectivity index (χ4n) is 2.33. The van der Waals surface area contributed by atoms with E-state index in [9.17, 15) is 23.1 Å². The molecule has 1 aliphatic heterocycles. The molecule has 0 bridgehead atoms. The first-order chi connectivity index (χ1) is 11.8. The Morgan fingerprint density at radius 1 is 1.36 bits per heavy atom. The van der Waals surface area contributed by atoms with Gasteiger partial charge >= 0.3 is 5.69 Å². The Balaban J connectivity index is 2.07. The lowest BCUT2D eigenvalue weighted by molar-refractivity contribution is 0.430. The molecule has 0 saturated heterocycles. The lowest BCUT2D eigenvalue weighted by Crippen LogP contribution is -2.31. The molecule has 0 aliphatic carbocycles. The maximum Gasteiger partial charge on any atom is 0.335 e. The van der Waals surface area contributed by atoms with E-state index in [0.29, 0.717) is 5.02 Å². The summed E-state index contributed by atoms with van der Waals surface area (Å²) in [6.45, 7) is 0. The molecule has 1 aromatic carbocycles. The number of hydrogen-bond donors (Lipinski definition) is 2. The summed E-state index contributed by atoms with van der Waals surface area (Å²) in [5, 5.41) is 11.7. The monoisotopic (exact) mass is 381 g/mol. The lowest BCUT2D eigenvalue weighted by atomic mass is 10.2. The normalized spacial score (nSPS) is 18.8. The van der Waals surface area contributed by atoms with Gasteiger partial charge in [0.1, 0.15) is 5.56 Å². The van der Waals surface area contributed by atoms with Crippen molar-refractivity contribution in [1.29, 1.82) is 0 Å². The van der Waals surface area contributed by atoms with Gasteiger partial charge in [0, 0.05) is 16.6 Å². The molecule has 1 atom stereocenters. The van der Waals surface area contributed by atoms with Crippen LogP contribution < -0.4 is 11.2 Å². The number of nitrogens with one attached hydrogen (secondary N) is 1. The van der Waals surface area contributed by atoms with Crippen LogP contribution in [0, 0.1) is 0 Å². The molecule has 1 aliphatic rings. The zero-order valence-electron chi connectivity index (χ0n) is 12.6. The minimum absolute atomic E-state index is 0.212. The van der Waals surface area contributed by atoms with Crippen LogP contribution in [0.15, 0.2) is 50.3 Å². The Morgan fingerprint density at radius 3 is 2.76 bits per heavy atom. The van der Waals surface area contributed by atoms with E-state index >= 15 is 0 Å². The maximum atomic E-state index is 12.0. The number of rotatable bonds is 3. The number of aromatic hydroxyl groups is 1. The molecule has 8 nitrogen and oxygen atoms in total. The minimum atomic E-state index is -3.30. The Bertz CT molecular complexity index is 1110. The van der Waals surface area contributed by atoms with E-state index in [-0.39, 0.29) is 17.0 Å². The zero-order valence-corrected chi connectivity index (χ0v) is 14.2. The van der Waals surface area contributed by atoms with Gasteiger partial charge in [-0.2, -0.15) is 0 Å². The Hall–Kier alpha value is -2.65. The average Bonchev–Trinajstić information content (AvgIpc) is 2.86. The van der Waals surface area contributed by atoms with Crippen molar-refractivity contribution in [3.8, 4) is 11.6 Å². The molecular weight excluding hydrogens is 370 g/mol. The molecule has 2 aromatic rings. The number of halogens is 1. The van der Waals surface area contributed by atoms with Crippen molar-refractivity contribution >= 4 is 27.7 Å². The third-order valence-corrected chi connectivity index (χ3v) is 5.11. The van der Waals surface area contributed by atoms with Crippen LogP contribution in [-0.2, 0) is 9.84 Å². The highest BCUT2D eigenvalue weighted by Crippen LogP contribution is 2.19. The van der Waals surface area contributed by atoms with Crippen LogP contribution in [0.1, 0.15) is 5.56 Å². The van der Waals surface area contributed by atoms with Crippen LogP contribution in [0.2, 0.25) is 5.02 Å². The van der Waals surface area contributed by atoms with Crippen molar-refractivity contribution in [3.63, 3.8) is 0 Å². The molecule has 3 rings (SSSR count). The number of aliphatic imine (C=N–C) groups is 1. The summed E-state index contributed by atoms with van der Waals surface area (Å²) in [7, 11) is -3.30. The first-order valence-electron chi connectivity index (χ1n) is 7.05. The number of H-pyrrole nitrogens is 1. The van der Waals surface area contributed by atoms with E-state index in [2.05, 4.69) is 9.98 Å². The molecule has 0 amide bonds. The smallest absolute Gasteiger partial charge is 0.335 e. The molecule has 0 fully saturated rings. The van der Waals surface area contributed by atoms with Crippen molar-refractivity contribution < 1.29 is 13.5 Å². The summed E-state index contributed by atoms with van der Waals surface area (Å²) in [5.74, 6) is -0.833. The fourth-order valence-corrected chi connectivity index (χ4v) is 3.72. The molecule has 25 heavy (non-hydrogen) atoms. The van der Waals surface area contributed by atoms with Gasteiger partial charge in [0.05, 0.1) is 17.5 Å². The van der Waals surface area contributed by atoms with Gasteiger partial charge in [-0.3, -0.25) is 14.8 Å². The molecule has 130 valence electrons. The average molecular weight is 382 g/mol. The third kappa shape index (κ3) is 3.57. The summed E-state index contributed by atoms with van der Waals surface area (Å²) >= 11 is 5.88. The number of sulfone groups is 1. The van der Waals surface area contributed by atoms with Gasteiger partial charge in [0.15, 0.2) is 9.84 Å². The van der Waals surface area contributed by atoms with E-state index in [1.54, 1.807) is 12.1 Å². The summed E-state index contributed by atoms with van der Waals surface area (Å²) < 4.78 is 23.6. The van der Waals surface area contributed by atoms with E-state index in [1.807, 2.05) is 0 Å². The summed E-state index contributed by atoms with van der Waals surface area (Å²) in [6, 6.07) is 5.48. The molecule has 2 N–H and O–H groups in total. The molecule has 0 spiro atoms. The van der Waals surface area contributed by atoms with Crippen LogP contribution in [0.5, 0.6) is 5.88 Å². The molecule has 2 heterocycles. The van der Waals surface area contributed by atoms with Crippen molar-refractivity contribution in [2.24, 2.45) is 4.99 Å². The van der Waals surface area contributed by atoms with Crippen molar-refractivity contribution in [2.45, 2.75) is 6.04 Å². The zero-order chi connectivity index (χ0) is 18.2. The number of aromatic amines is 1. The molecule has 1 aromatic heterocycles. The molecular formula is C15H12ClN3O5S. The van der Waals surface area contributed by atoms with Crippen molar-refractivity contribution in [3.05, 3.63) is 67.2 Å². The SMILES string of the molecule is O=c1[nH]c(=O)n(-c2cccc(Cl)c2)c(O)c1C=N[C@H]1C=CS(=O)(=O)C1. The van der Waals surface area contributed by atoms with Crippen LogP contribution in [0.25, 0.3) is 5.69 Å². The van der Waals surface area contributed by atoms with Gasteiger partial charge in [-0.05, 0) is 24.3 Å². The summed E-state index contributed by atoms with van der Waals surface area (Å²) in [5.41, 5.74) is -1.69. The predicted octanol–water partition coefficient (Wildman–Crippen LogP) is 0.614. The Labute approximate surface area is 146 Å². The Morgan fingerprint density at radius 2 is 2.12 bits per heavy atom. The second-order valence-corrected chi connectivity index (χ2v) is 7.68. The number of benzene rings is 1. The summed E-state index contributed by atoms with van der Waals surface area (Å²) in [6.07, 6.45) is 2.43. The predicted molar refractivity (Wildman–Crippen MR) is 93.6 cm³/mol. The van der Waals surface area contributed by atoms with Crippen LogP contribution in [0.3, 0.4) is 0 Å². The van der Waals surface area contributed by atoms with E-state index in [1.165, 1.54) is 18.2 Å². The summed E-state index contributed by atoms with van der Waals surface area (Å²) in [4.78, 5) is 30.1. The highest BCUT2D eigenvalue weighted by Gasteiger charge is 2.21. The van der Waals surface area contributed by atoms with Crippen LogP contribution >= 0.6 is 11.6 Å². The number of hydrogen-bond acceptors (Lipinski definition) is 6. The van der Waals surface area contributed by atoms with Gasteiger partial charge in [0.25, 0.3) is 5.56 Å². The minimum Gasteiger partial charge on any atom is -0.493 e. The van der Waals surface area contributed by atoms with Crippen LogP contribution in [-0.4, -0.2) is 41.1 Å². The number of nitrogens with zero attached hydrogens (tertiary/aromatic N) is 2. The number of aromatic nitrogens is 2. The largest absolute Gasteiger partial charge is 0.493 e. The topological polar surface area (TPSA) is 122 Å². The van der Waals surface area contributed by atoms with Crippen LogP contribution in [0.4, 0.5) is 0 Å². The highest BCUT2D eigenvalue weighted by molar-refractivity contribution is 7.94. The second kappa shape index (κ2) is 6.34. The first-order valence-corrected chi connectivity index (χ1v) is 9.14. The molecule has 0 saturated carbocycles. The maximum absolute atomic E-state index is 12.0. The first kappa shape index (κ1) is 17.2. The van der Waals surface area contributed by atoms with Gasteiger partial charge in [-0.1, -0.05) is 17.7 Å². The third-order valence-electron chi connectivity index (χ3n) is 3.49. The quantitative estimate of drug-likeness (QED) is 0.754. The lowest BCUT2D eigenvalue weighted by Gasteiger charge is -2.10. The van der Waals surface area contributed by atoms with E-state index in [0.717, 1.165) is 16.2 Å². The van der Waals surface area contributed by atoms with E-state index in [4.69, 9.17) is 11.6 Å². The van der Waals surface area contributed by atoms with E-state index < -0.39 is 33.0 Å². The molecule has 0 unspecified atom stereocenters. The van der Waals surface area contributed by atoms with Crippen molar-refractivity contribution in [1.82, 2.24) is 9.55 Å². The van der Waals surface area contributed by atoms with Gasteiger partial charge in [-0.25, -0.2) is 17.8 Å². The second-order valence-electron chi connectivity index (χ2n) is 5.32. The van der Waals surface area contributed by atoms with Gasteiger partial charge in [0.2, 0.25) is 5.88 Å². The molecule has 10 heteroatoms. The fraction of sp³-hybridized carbons (Fsp3) is 0.133. The Kier molecular flexibility index (Phi) is 4.36. The highest BCUT2D eigenvalue weighted by atomic mass is 35.5. The standard InChI is InChI=1S/C15H12ClN3O5S/c16-9-2-1-3-11(6-9)19-14(21)12(13(20)18-15(19)22)7-17-10-4-5-25(23,24)8-10/h1-7,10,21H,8H2,(H,18,20,22)/t10-/m0/s1. The van der Waals surface area contributed by atoms with Crippen molar-refractivity contribution in [2.75, 3.05) is 5.75 Å². The molecule has 0 radical (unpaired) electrons. The van der Waals surface area contributed by atoms with Gasteiger partial charge in [-0.15, -0.1) is 0 Å².